The van der Waals surface area contributed by atoms with Crippen LogP contribution in [0.3, 0.4) is 0 Å². The van der Waals surface area contributed by atoms with Crippen molar-refractivity contribution in [3.63, 3.8) is 0 Å². The molecule has 312 valence electrons. The van der Waals surface area contributed by atoms with Gasteiger partial charge in [0, 0.05) is 0 Å². The van der Waals surface area contributed by atoms with Crippen LogP contribution in [-0.2, 0) is 0 Å². The van der Waals surface area contributed by atoms with Crippen LogP contribution < -0.4 is 0 Å². The summed E-state index contributed by atoms with van der Waals surface area (Å²) >= 11 is 0. The first kappa shape index (κ1) is 50.2. The van der Waals surface area contributed by atoms with Crippen LogP contribution in [-0.4, -0.2) is 0 Å². The first-order valence-electron chi connectivity index (χ1n) is 22.9. The van der Waals surface area contributed by atoms with E-state index in [1.807, 2.05) is 0 Å². The number of allylic oxidation sites excluding steroid dienone is 6. The van der Waals surface area contributed by atoms with Crippen LogP contribution in [0.2, 0.25) is 0 Å². The van der Waals surface area contributed by atoms with E-state index in [4.69, 9.17) is 0 Å². The Kier molecular flexibility index (Phi) is 21.6. The van der Waals surface area contributed by atoms with E-state index >= 15 is 0 Å². The van der Waals surface area contributed by atoms with Crippen molar-refractivity contribution in [2.45, 2.75) is 246 Å². The smallest absolute Gasteiger partial charge is 0.0326 e. The molecule has 0 N–H and O–H groups in total. The predicted octanol–water partition coefficient (Wildman–Crippen LogP) is 18.6. The molecule has 0 aromatic carbocycles. The maximum Gasteiger partial charge on any atom is -0.0326 e. The fourth-order valence-corrected chi connectivity index (χ4v) is 9.80. The van der Waals surface area contributed by atoms with Crippen molar-refractivity contribution in [1.82, 2.24) is 0 Å². The van der Waals surface area contributed by atoms with Crippen molar-refractivity contribution in [1.29, 1.82) is 0 Å². The molecule has 0 bridgehead atoms. The average Bonchev–Trinajstić information content (AvgIpc) is 2.98. The standard InChI is InChI=1S/C18H32.2C17H32.CH4/c1-17(2)13-15(14-17)9-7-5-6-8-10-16-11-12-18(16,3)4;1-16(2,3)13-10-8-6-7-9-11-15-12-14-17(15,4)5;1-16(2,3)12-10-8-6-7-9-11-15-13-17(4,5)14-15;/h5-6,15-16H,7-14H2,1-4H3;2*6-7,15H,8-14H2,1-5H3;1H4. The van der Waals surface area contributed by atoms with Crippen LogP contribution in [0.5, 0.6) is 0 Å². The Morgan fingerprint density at radius 2 is 0.717 bits per heavy atom. The summed E-state index contributed by atoms with van der Waals surface area (Å²) in [6, 6.07) is 0. The zero-order valence-corrected chi connectivity index (χ0v) is 38.3. The van der Waals surface area contributed by atoms with E-state index in [2.05, 4.69) is 133 Å². The van der Waals surface area contributed by atoms with Crippen LogP contribution in [0, 0.1) is 56.2 Å². The molecule has 4 aliphatic rings. The topological polar surface area (TPSA) is 0 Å². The fourth-order valence-electron chi connectivity index (χ4n) is 9.80. The summed E-state index contributed by atoms with van der Waals surface area (Å²) < 4.78 is 0. The van der Waals surface area contributed by atoms with Crippen molar-refractivity contribution in [3.05, 3.63) is 36.5 Å². The Morgan fingerprint density at radius 1 is 0.434 bits per heavy atom. The Morgan fingerprint density at radius 3 is 0.943 bits per heavy atom. The molecule has 0 amide bonds. The second-order valence-electron chi connectivity index (χ2n) is 24.0. The zero-order valence-electron chi connectivity index (χ0n) is 38.3. The molecule has 0 aromatic rings. The van der Waals surface area contributed by atoms with Gasteiger partial charge >= 0.3 is 0 Å². The summed E-state index contributed by atoms with van der Waals surface area (Å²) in [5, 5.41) is 0. The summed E-state index contributed by atoms with van der Waals surface area (Å²) in [7, 11) is 0. The molecule has 4 aliphatic carbocycles. The highest BCUT2D eigenvalue weighted by molar-refractivity contribution is 4.94. The third kappa shape index (κ3) is 22.5. The van der Waals surface area contributed by atoms with Gasteiger partial charge in [-0.15, -0.1) is 0 Å². The number of unbranched alkanes of at least 4 members (excludes halogenated alkanes) is 2. The molecule has 0 aliphatic heterocycles. The molecule has 0 nitrogen and oxygen atoms in total. The van der Waals surface area contributed by atoms with Gasteiger partial charge in [0.15, 0.2) is 0 Å². The van der Waals surface area contributed by atoms with E-state index in [1.54, 1.807) is 0 Å². The Bertz CT molecular complexity index is 1030. The average molecular weight is 737 g/mol. The summed E-state index contributed by atoms with van der Waals surface area (Å²) in [4.78, 5) is 0. The van der Waals surface area contributed by atoms with Crippen molar-refractivity contribution in [2.24, 2.45) is 56.2 Å². The van der Waals surface area contributed by atoms with E-state index < -0.39 is 0 Å². The first-order chi connectivity index (χ1) is 24.0. The van der Waals surface area contributed by atoms with Gasteiger partial charge in [0.2, 0.25) is 0 Å². The molecule has 2 atom stereocenters. The van der Waals surface area contributed by atoms with E-state index in [0.29, 0.717) is 32.5 Å². The van der Waals surface area contributed by atoms with E-state index in [-0.39, 0.29) is 7.43 Å². The van der Waals surface area contributed by atoms with Gasteiger partial charge in [0.05, 0.1) is 0 Å². The second kappa shape index (κ2) is 22.8. The number of hydrogen-bond acceptors (Lipinski definition) is 0. The monoisotopic (exact) mass is 737 g/mol. The van der Waals surface area contributed by atoms with E-state index in [1.165, 1.54) is 141 Å². The zero-order chi connectivity index (χ0) is 39.1. The fraction of sp³-hybridized carbons (Fsp3) is 0.887. The Hall–Kier alpha value is -0.780. The molecule has 4 fully saturated rings. The minimum absolute atomic E-state index is 0. The van der Waals surface area contributed by atoms with Crippen molar-refractivity contribution in [2.75, 3.05) is 0 Å². The van der Waals surface area contributed by atoms with Crippen molar-refractivity contribution >= 4 is 0 Å². The summed E-state index contributed by atoms with van der Waals surface area (Å²) in [6.45, 7) is 33.3. The van der Waals surface area contributed by atoms with Crippen LogP contribution in [0.15, 0.2) is 36.5 Å². The number of hydrogen-bond donors (Lipinski definition) is 0. The highest BCUT2D eigenvalue weighted by Gasteiger charge is 2.38. The second-order valence-corrected chi connectivity index (χ2v) is 24.0. The van der Waals surface area contributed by atoms with E-state index in [9.17, 15) is 0 Å². The number of rotatable bonds is 18. The van der Waals surface area contributed by atoms with E-state index in [0.717, 1.165) is 23.7 Å². The van der Waals surface area contributed by atoms with Crippen molar-refractivity contribution in [3.8, 4) is 0 Å². The lowest BCUT2D eigenvalue weighted by molar-refractivity contribution is 0.0655. The molecule has 2 unspecified atom stereocenters. The highest BCUT2D eigenvalue weighted by atomic mass is 14.4. The maximum atomic E-state index is 2.44. The van der Waals surface area contributed by atoms with Gasteiger partial charge in [-0.05, 0) is 197 Å². The molecule has 0 spiro atoms. The van der Waals surface area contributed by atoms with Crippen LogP contribution >= 0.6 is 0 Å². The van der Waals surface area contributed by atoms with Crippen LogP contribution in [0.1, 0.15) is 246 Å². The highest BCUT2D eigenvalue weighted by Crippen LogP contribution is 2.50. The summed E-state index contributed by atoms with van der Waals surface area (Å²) in [6.07, 6.45) is 44.9. The minimum Gasteiger partial charge on any atom is -0.0885 e. The SMILES string of the molecule is C.CC(C)(C)CCCC=CCCC1CC(C)(C)C1.CC(C)(C)CCCC=CCCC1CCC1(C)C.CC1(C)CC(CCC=CCCC2CCC2(C)C)C1. The quantitative estimate of drug-likeness (QED) is 0.0971. The third-order valence-electron chi connectivity index (χ3n) is 13.8. The van der Waals surface area contributed by atoms with Gasteiger partial charge in [-0.1, -0.05) is 141 Å². The predicted molar refractivity (Wildman–Crippen MR) is 244 cm³/mol. The molecule has 0 heteroatoms. The largest absolute Gasteiger partial charge is 0.0885 e. The lowest BCUT2D eigenvalue weighted by Gasteiger charge is -2.44. The molecule has 0 saturated heterocycles. The van der Waals surface area contributed by atoms with Crippen molar-refractivity contribution < 1.29 is 0 Å². The lowest BCUT2D eigenvalue weighted by Crippen LogP contribution is -2.34. The molecule has 0 radical (unpaired) electrons. The van der Waals surface area contributed by atoms with Gasteiger partial charge in [-0.3, -0.25) is 0 Å². The van der Waals surface area contributed by atoms with Crippen LogP contribution in [0.25, 0.3) is 0 Å². The Balaban J connectivity index is 0.000000394. The third-order valence-corrected chi connectivity index (χ3v) is 13.8. The van der Waals surface area contributed by atoms with Gasteiger partial charge in [0.25, 0.3) is 0 Å². The lowest BCUT2D eigenvalue weighted by atomic mass is 9.61. The van der Waals surface area contributed by atoms with Crippen LogP contribution in [0.4, 0.5) is 0 Å². The summed E-state index contributed by atoms with van der Waals surface area (Å²) in [5.74, 6) is 4.02. The minimum atomic E-state index is 0. The molecular weight excluding hydrogens is 637 g/mol. The first-order valence-corrected chi connectivity index (χ1v) is 22.9. The molecule has 0 aromatic heterocycles. The van der Waals surface area contributed by atoms with Gasteiger partial charge in [0.1, 0.15) is 0 Å². The van der Waals surface area contributed by atoms with Gasteiger partial charge in [-0.25, -0.2) is 0 Å². The molecule has 4 saturated carbocycles. The maximum absolute atomic E-state index is 2.44. The van der Waals surface area contributed by atoms with Gasteiger partial charge in [-0.2, -0.15) is 0 Å². The molecule has 4 rings (SSSR count). The molecule has 53 heavy (non-hydrogen) atoms. The van der Waals surface area contributed by atoms with Gasteiger partial charge < -0.3 is 0 Å². The molecule has 0 heterocycles. The normalized spacial score (nSPS) is 24.6. The molecular formula is C53H100. The Labute approximate surface area is 337 Å². The summed E-state index contributed by atoms with van der Waals surface area (Å²) in [5.41, 5.74) is 3.60.